The van der Waals surface area contributed by atoms with Gasteiger partial charge < -0.3 is 34.6 Å². The van der Waals surface area contributed by atoms with E-state index < -0.39 is 41.0 Å². The van der Waals surface area contributed by atoms with Crippen molar-refractivity contribution in [2.45, 2.75) is 83.6 Å². The number of alkyl halides is 1. The molecule has 2 unspecified atom stereocenters. The first-order chi connectivity index (χ1) is 24.8. The van der Waals surface area contributed by atoms with Gasteiger partial charge in [0.05, 0.1) is 7.11 Å². The predicted molar refractivity (Wildman–Crippen MR) is 204 cm³/mol. The molecule has 53 heavy (non-hydrogen) atoms. The van der Waals surface area contributed by atoms with Crippen LogP contribution in [-0.2, 0) is 40.0 Å². The SMILES string of the molecule is C1CCOC1.CC(C)(C)O/N=C(/C(=O)O)c1nc(NC(=O)OC(C)(C)C)sc1Cl.COc1ccc(COC(=O)C2=C(CCl)CSC3C(N)C(=O)N23)cc1. The average molecular weight is 819 g/mol. The molecule has 2 aromatic rings. The number of nitrogens with zero attached hydrogens (tertiary/aromatic N) is 3. The normalized spacial score (nSPS) is 18.3. The number of esters is 1. The molecule has 3 aliphatic rings. The number of anilines is 1. The molecule has 0 radical (unpaired) electrons. The molecule has 2 amide bonds. The number of aliphatic carboxylic acids is 1. The third-order valence-electron chi connectivity index (χ3n) is 6.83. The lowest BCUT2D eigenvalue weighted by Gasteiger charge is -2.48. The number of β-lactam (4-membered cyclic amide) rings is 1. The molecule has 3 aliphatic heterocycles. The molecular weight excluding hydrogens is 773 g/mol. The van der Waals surface area contributed by atoms with Gasteiger partial charge in [-0.05, 0) is 77.7 Å². The van der Waals surface area contributed by atoms with Gasteiger partial charge in [0.15, 0.2) is 5.13 Å². The number of rotatable bonds is 9. The Morgan fingerprint density at radius 3 is 2.26 bits per heavy atom. The molecule has 2 saturated heterocycles. The minimum atomic E-state index is -1.35. The molecule has 4 N–H and O–H groups in total. The third-order valence-corrected chi connectivity index (χ3v) is 9.68. The Morgan fingerprint density at radius 2 is 1.75 bits per heavy atom. The molecular formula is C34H45Cl2N5O10S2. The first kappa shape index (κ1) is 43.8. The molecule has 0 spiro atoms. The highest BCUT2D eigenvalue weighted by Gasteiger charge is 2.52. The van der Waals surface area contributed by atoms with Crippen molar-refractivity contribution in [2.24, 2.45) is 10.9 Å². The number of oxime groups is 1. The highest BCUT2D eigenvalue weighted by molar-refractivity contribution is 8.00. The van der Waals surface area contributed by atoms with E-state index in [9.17, 15) is 24.3 Å². The van der Waals surface area contributed by atoms with Crippen LogP contribution in [0.15, 0.2) is 40.7 Å². The van der Waals surface area contributed by atoms with Crippen molar-refractivity contribution in [3.05, 3.63) is 51.1 Å². The lowest BCUT2D eigenvalue weighted by molar-refractivity contribution is -0.151. The van der Waals surface area contributed by atoms with E-state index in [0.717, 1.165) is 35.9 Å². The summed E-state index contributed by atoms with van der Waals surface area (Å²) in [6.45, 7) is 12.4. The maximum atomic E-state index is 12.5. The fourth-order valence-electron chi connectivity index (χ4n) is 4.38. The number of methoxy groups -OCH3 is 1. The van der Waals surface area contributed by atoms with Gasteiger partial charge in [0.25, 0.3) is 0 Å². The number of halogens is 2. The number of carboxylic acid groups (broad SMARTS) is 1. The van der Waals surface area contributed by atoms with Crippen LogP contribution in [0.1, 0.15) is 65.6 Å². The summed E-state index contributed by atoms with van der Waals surface area (Å²) in [5.74, 6) is -0.706. The largest absolute Gasteiger partial charge is 0.497 e. The number of benzene rings is 1. The molecule has 0 bridgehead atoms. The van der Waals surface area contributed by atoms with Crippen molar-refractivity contribution >= 4 is 81.1 Å². The van der Waals surface area contributed by atoms with E-state index in [0.29, 0.717) is 11.3 Å². The van der Waals surface area contributed by atoms with Gasteiger partial charge in [0, 0.05) is 24.8 Å². The zero-order valence-electron chi connectivity index (χ0n) is 30.5. The Balaban J connectivity index is 0.000000251. The molecule has 1 aromatic heterocycles. The van der Waals surface area contributed by atoms with Crippen molar-refractivity contribution in [3.8, 4) is 5.75 Å². The number of fused-ring (bicyclic) bond motifs is 1. The van der Waals surface area contributed by atoms with Crippen molar-refractivity contribution in [1.29, 1.82) is 0 Å². The van der Waals surface area contributed by atoms with Gasteiger partial charge in [-0.2, -0.15) is 0 Å². The van der Waals surface area contributed by atoms with Crippen LogP contribution in [0.5, 0.6) is 5.75 Å². The average Bonchev–Trinajstić information content (AvgIpc) is 3.79. The van der Waals surface area contributed by atoms with Gasteiger partial charge in [0.1, 0.15) is 50.7 Å². The number of ether oxygens (including phenoxy) is 4. The van der Waals surface area contributed by atoms with Crippen LogP contribution in [0.2, 0.25) is 4.34 Å². The molecule has 2 fully saturated rings. The topological polar surface area (TPSA) is 201 Å². The van der Waals surface area contributed by atoms with Gasteiger partial charge in [-0.15, -0.1) is 23.4 Å². The Hall–Kier alpha value is -3.61. The molecule has 4 heterocycles. The fourth-order valence-corrected chi connectivity index (χ4v) is 7.04. The van der Waals surface area contributed by atoms with E-state index >= 15 is 0 Å². The minimum absolute atomic E-state index is 0.0553. The van der Waals surface area contributed by atoms with Crippen LogP contribution in [0.3, 0.4) is 0 Å². The number of carbonyl (C=O) groups is 4. The number of amides is 2. The van der Waals surface area contributed by atoms with Gasteiger partial charge in [0.2, 0.25) is 11.6 Å². The summed E-state index contributed by atoms with van der Waals surface area (Å²) < 4.78 is 20.5. The Labute approximate surface area is 326 Å². The zero-order chi connectivity index (χ0) is 39.5. The van der Waals surface area contributed by atoms with Crippen LogP contribution >= 0.6 is 46.3 Å². The van der Waals surface area contributed by atoms with Crippen LogP contribution in [0.4, 0.5) is 9.93 Å². The summed E-state index contributed by atoms with van der Waals surface area (Å²) in [6.07, 6.45) is 1.83. The van der Waals surface area contributed by atoms with E-state index in [4.69, 9.17) is 52.7 Å². The second-order valence-electron chi connectivity index (χ2n) is 13.5. The molecule has 0 saturated carbocycles. The van der Waals surface area contributed by atoms with Gasteiger partial charge in [-0.3, -0.25) is 15.0 Å². The molecule has 0 aliphatic carbocycles. The molecule has 1 aromatic carbocycles. The second-order valence-corrected chi connectivity index (χ2v) is 16.5. The maximum Gasteiger partial charge on any atom is 0.413 e. The van der Waals surface area contributed by atoms with Crippen LogP contribution in [0, 0.1) is 0 Å². The number of hydrogen-bond acceptors (Lipinski definition) is 14. The lowest BCUT2D eigenvalue weighted by Crippen LogP contribution is -2.68. The van der Waals surface area contributed by atoms with Crippen LogP contribution < -0.4 is 15.8 Å². The van der Waals surface area contributed by atoms with E-state index in [1.54, 1.807) is 60.8 Å². The smallest absolute Gasteiger partial charge is 0.413 e. The number of nitrogens with one attached hydrogen (secondary N) is 1. The van der Waals surface area contributed by atoms with Gasteiger partial charge in [-0.1, -0.05) is 40.2 Å². The van der Waals surface area contributed by atoms with Crippen molar-refractivity contribution in [3.63, 3.8) is 0 Å². The monoisotopic (exact) mass is 817 g/mol. The Morgan fingerprint density at radius 1 is 1.11 bits per heavy atom. The first-order valence-corrected chi connectivity index (χ1v) is 19.1. The lowest BCUT2D eigenvalue weighted by atomic mass is 10.0. The molecule has 292 valence electrons. The highest BCUT2D eigenvalue weighted by Crippen LogP contribution is 2.40. The second kappa shape index (κ2) is 19.6. The summed E-state index contributed by atoms with van der Waals surface area (Å²) in [5.41, 5.74) is 5.64. The zero-order valence-corrected chi connectivity index (χ0v) is 33.7. The number of thiazole rings is 1. The van der Waals surface area contributed by atoms with Crippen molar-refractivity contribution in [2.75, 3.05) is 37.3 Å². The number of hydrogen-bond donors (Lipinski definition) is 3. The number of thioether (sulfide) groups is 1. The maximum absolute atomic E-state index is 12.5. The number of aromatic nitrogens is 1. The van der Waals surface area contributed by atoms with E-state index in [1.807, 2.05) is 12.1 Å². The summed E-state index contributed by atoms with van der Waals surface area (Å²) in [6, 6.07) is 6.63. The predicted octanol–water partition coefficient (Wildman–Crippen LogP) is 6.02. The van der Waals surface area contributed by atoms with E-state index in [1.165, 1.54) is 29.5 Å². The van der Waals surface area contributed by atoms with Crippen LogP contribution in [0.25, 0.3) is 0 Å². The molecule has 15 nitrogen and oxygen atoms in total. The fraction of sp³-hybridized carbons (Fsp3) is 0.529. The van der Waals surface area contributed by atoms with Gasteiger partial charge in [-0.25, -0.2) is 19.4 Å². The number of carboxylic acids is 1. The third kappa shape index (κ3) is 13.3. The molecule has 2 atom stereocenters. The Bertz CT molecular complexity index is 1660. The van der Waals surface area contributed by atoms with Gasteiger partial charge >= 0.3 is 18.0 Å². The van der Waals surface area contributed by atoms with Crippen molar-refractivity contribution < 1.29 is 48.1 Å². The van der Waals surface area contributed by atoms with E-state index in [-0.39, 0.29) is 44.6 Å². The summed E-state index contributed by atoms with van der Waals surface area (Å²) in [4.78, 5) is 58.1. The number of carbonyl (C=O) groups excluding carboxylic acids is 3. The van der Waals surface area contributed by atoms with Crippen LogP contribution in [-0.4, -0.2) is 99.2 Å². The molecule has 19 heteroatoms. The summed E-state index contributed by atoms with van der Waals surface area (Å²) >= 11 is 14.3. The highest BCUT2D eigenvalue weighted by atomic mass is 35.5. The van der Waals surface area contributed by atoms with Crippen molar-refractivity contribution in [1.82, 2.24) is 9.88 Å². The standard InChI is InChI=1S/C16H17ClN2O4S.C14H20ClN3O5S.C4H8O/c1-22-11-4-2-9(3-5-11)7-23-16(21)13-10(6-17)8-24-15-12(18)14(20)19(13)15;1-13(2,3)22-12(21)17-11-16-7(9(15)24-11)8(10(19)20)18-23-14(4,5)6;1-2-4-5-3-1/h2-5,12,15H,6-8,18H2,1H3;1-6H3,(H,19,20)(H,16,17,21);1-4H2/b;18-8+;. The number of nitrogens with two attached hydrogens (primary N) is 1. The molecule has 5 rings (SSSR count). The van der Waals surface area contributed by atoms with E-state index in [2.05, 4.69) is 15.5 Å². The summed E-state index contributed by atoms with van der Waals surface area (Å²) in [5, 5.41) is 15.2. The summed E-state index contributed by atoms with van der Waals surface area (Å²) in [7, 11) is 1.58. The quantitative estimate of drug-likeness (QED) is 0.0873. The first-order valence-electron chi connectivity index (χ1n) is 16.4. The Kier molecular flexibility index (Phi) is 16.2. The minimum Gasteiger partial charge on any atom is -0.497 e.